The van der Waals surface area contributed by atoms with Crippen LogP contribution in [-0.4, -0.2) is 71.6 Å². The first-order valence-electron chi connectivity index (χ1n) is 8.62. The summed E-state index contributed by atoms with van der Waals surface area (Å²) in [7, 11) is 0. The van der Waals surface area contributed by atoms with E-state index in [2.05, 4.69) is 10.6 Å². The summed E-state index contributed by atoms with van der Waals surface area (Å²) in [6, 6.07) is -0.768. The first-order chi connectivity index (χ1) is 11.7. The minimum atomic E-state index is -0.987. The van der Waals surface area contributed by atoms with Gasteiger partial charge >= 0.3 is 18.2 Å². The second-order valence-electron chi connectivity index (χ2n) is 7.91. The van der Waals surface area contributed by atoms with Crippen LogP contribution in [0.1, 0.15) is 48.5 Å². The van der Waals surface area contributed by atoms with Crippen LogP contribution >= 0.6 is 0 Å². The van der Waals surface area contributed by atoms with Crippen LogP contribution in [-0.2, 0) is 14.3 Å². The average Bonchev–Trinajstić information content (AvgIpc) is 2.40. The molecule has 2 amide bonds. The molecular formula is C17H33N3O6. The lowest BCUT2D eigenvalue weighted by atomic mass is 10.2. The van der Waals surface area contributed by atoms with E-state index in [4.69, 9.17) is 9.47 Å². The molecule has 1 unspecified atom stereocenters. The quantitative estimate of drug-likeness (QED) is 0.592. The van der Waals surface area contributed by atoms with Crippen molar-refractivity contribution in [2.24, 2.45) is 0 Å². The minimum absolute atomic E-state index is 0.221. The third kappa shape index (κ3) is 12.3. The lowest BCUT2D eigenvalue weighted by molar-refractivity contribution is -0.142. The van der Waals surface area contributed by atoms with Crippen LogP contribution in [0.2, 0.25) is 0 Å². The molecule has 0 aromatic heterocycles. The van der Waals surface area contributed by atoms with Crippen molar-refractivity contribution in [1.29, 1.82) is 0 Å². The van der Waals surface area contributed by atoms with Gasteiger partial charge in [0.05, 0.1) is 0 Å². The van der Waals surface area contributed by atoms with Gasteiger partial charge in [-0.25, -0.2) is 9.59 Å². The van der Waals surface area contributed by atoms with Gasteiger partial charge in [-0.05, 0) is 48.5 Å². The maximum atomic E-state index is 11.6. The van der Waals surface area contributed by atoms with Gasteiger partial charge in [0.1, 0.15) is 17.2 Å². The fourth-order valence-electron chi connectivity index (χ4n) is 1.89. The van der Waals surface area contributed by atoms with Gasteiger partial charge in [-0.1, -0.05) is 0 Å². The van der Waals surface area contributed by atoms with Crippen molar-refractivity contribution in [3.63, 3.8) is 0 Å². The van der Waals surface area contributed by atoms with Crippen molar-refractivity contribution in [3.05, 3.63) is 0 Å². The summed E-state index contributed by atoms with van der Waals surface area (Å²) in [6.45, 7) is 13.1. The van der Waals surface area contributed by atoms with Crippen molar-refractivity contribution in [3.8, 4) is 0 Å². The predicted octanol–water partition coefficient (Wildman–Crippen LogP) is 1.81. The fraction of sp³-hybridized carbons (Fsp3) is 0.824. The summed E-state index contributed by atoms with van der Waals surface area (Å²) >= 11 is 0. The first-order valence-corrected chi connectivity index (χ1v) is 8.62. The van der Waals surface area contributed by atoms with Crippen LogP contribution in [0.3, 0.4) is 0 Å². The Morgan fingerprint density at radius 3 is 1.50 bits per heavy atom. The largest absolute Gasteiger partial charge is 0.480 e. The van der Waals surface area contributed by atoms with Crippen LogP contribution in [0.5, 0.6) is 0 Å². The number of carbonyl (C=O) groups excluding carboxylic acids is 2. The Kier molecular flexibility index (Phi) is 9.40. The van der Waals surface area contributed by atoms with Crippen LogP contribution in [0.4, 0.5) is 9.59 Å². The van der Waals surface area contributed by atoms with Crippen LogP contribution in [0, 0.1) is 0 Å². The molecule has 0 aliphatic heterocycles. The SMILES string of the molecule is CC(C(=O)O)N(CCNC(=O)OC(C)(C)C)CCNC(=O)OC(C)(C)C. The number of nitrogens with one attached hydrogen (secondary N) is 2. The number of alkyl carbamates (subject to hydrolysis) is 2. The van der Waals surface area contributed by atoms with Gasteiger partial charge in [0.15, 0.2) is 0 Å². The van der Waals surface area contributed by atoms with Crippen molar-refractivity contribution in [2.45, 2.75) is 65.7 Å². The highest BCUT2D eigenvalue weighted by molar-refractivity contribution is 5.73. The van der Waals surface area contributed by atoms with E-state index >= 15 is 0 Å². The molecule has 0 aromatic carbocycles. The molecule has 0 spiro atoms. The zero-order valence-electron chi connectivity index (χ0n) is 16.8. The molecule has 1 atom stereocenters. The monoisotopic (exact) mass is 375 g/mol. The Balaban J connectivity index is 4.44. The maximum absolute atomic E-state index is 11.6. The van der Waals surface area contributed by atoms with Gasteiger partial charge in [-0.15, -0.1) is 0 Å². The van der Waals surface area contributed by atoms with Gasteiger partial charge in [-0.3, -0.25) is 9.69 Å². The molecule has 0 aromatic rings. The molecule has 0 heterocycles. The van der Waals surface area contributed by atoms with Gasteiger partial charge in [0.2, 0.25) is 0 Å². The molecule has 0 fully saturated rings. The molecular weight excluding hydrogens is 342 g/mol. The third-order valence-electron chi connectivity index (χ3n) is 3.04. The van der Waals surface area contributed by atoms with Crippen molar-refractivity contribution in [1.82, 2.24) is 15.5 Å². The first kappa shape index (κ1) is 24.0. The van der Waals surface area contributed by atoms with Crippen molar-refractivity contribution >= 4 is 18.2 Å². The van der Waals surface area contributed by atoms with E-state index in [9.17, 15) is 19.5 Å². The summed E-state index contributed by atoms with van der Waals surface area (Å²) in [4.78, 5) is 36.2. The molecule has 0 bridgehead atoms. The lowest BCUT2D eigenvalue weighted by Crippen LogP contribution is -2.47. The number of carboxylic acid groups (broad SMARTS) is 1. The Labute approximate surface area is 155 Å². The Morgan fingerprint density at radius 2 is 1.23 bits per heavy atom. The number of amides is 2. The summed E-state index contributed by atoms with van der Waals surface area (Å²) in [5.74, 6) is -0.987. The zero-order valence-corrected chi connectivity index (χ0v) is 16.8. The molecule has 9 nitrogen and oxygen atoms in total. The molecule has 0 aliphatic carbocycles. The Morgan fingerprint density at radius 1 is 0.885 bits per heavy atom. The highest BCUT2D eigenvalue weighted by Crippen LogP contribution is 2.07. The number of nitrogens with zero attached hydrogens (tertiary/aromatic N) is 1. The molecule has 3 N–H and O–H groups in total. The van der Waals surface area contributed by atoms with Gasteiger partial charge < -0.3 is 25.2 Å². The number of rotatable bonds is 8. The molecule has 152 valence electrons. The van der Waals surface area contributed by atoms with Gasteiger partial charge in [-0.2, -0.15) is 0 Å². The second-order valence-corrected chi connectivity index (χ2v) is 7.91. The van der Waals surface area contributed by atoms with Gasteiger partial charge in [0, 0.05) is 26.2 Å². The van der Waals surface area contributed by atoms with Crippen LogP contribution in [0.25, 0.3) is 0 Å². The molecule has 0 rings (SSSR count). The second kappa shape index (κ2) is 10.2. The number of aliphatic carboxylic acids is 1. The lowest BCUT2D eigenvalue weighted by Gasteiger charge is -2.27. The van der Waals surface area contributed by atoms with E-state index in [-0.39, 0.29) is 13.1 Å². The summed E-state index contributed by atoms with van der Waals surface area (Å²) in [5, 5.41) is 14.4. The highest BCUT2D eigenvalue weighted by Gasteiger charge is 2.22. The number of carbonyl (C=O) groups is 3. The topological polar surface area (TPSA) is 117 Å². The number of ether oxygens (including phenoxy) is 2. The van der Waals surface area contributed by atoms with E-state index in [0.717, 1.165) is 0 Å². The van der Waals surface area contributed by atoms with Crippen molar-refractivity contribution in [2.75, 3.05) is 26.2 Å². The predicted molar refractivity (Wildman–Crippen MR) is 97.1 cm³/mol. The summed E-state index contributed by atoms with van der Waals surface area (Å²) in [5.41, 5.74) is -1.20. The molecule has 9 heteroatoms. The molecule has 0 saturated carbocycles. The van der Waals surface area contributed by atoms with E-state index in [0.29, 0.717) is 13.1 Å². The van der Waals surface area contributed by atoms with E-state index < -0.39 is 35.4 Å². The average molecular weight is 375 g/mol. The number of hydrogen-bond donors (Lipinski definition) is 3. The minimum Gasteiger partial charge on any atom is -0.480 e. The fourth-order valence-corrected chi connectivity index (χ4v) is 1.89. The van der Waals surface area contributed by atoms with Gasteiger partial charge in [0.25, 0.3) is 0 Å². The maximum Gasteiger partial charge on any atom is 0.407 e. The highest BCUT2D eigenvalue weighted by atomic mass is 16.6. The third-order valence-corrected chi connectivity index (χ3v) is 3.04. The molecule has 0 radical (unpaired) electrons. The van der Waals surface area contributed by atoms with E-state index in [1.165, 1.54) is 0 Å². The molecule has 0 saturated heterocycles. The Hall–Kier alpha value is -2.03. The number of hydrogen-bond acceptors (Lipinski definition) is 6. The summed E-state index contributed by atoms with van der Waals surface area (Å²) in [6.07, 6.45) is -1.13. The van der Waals surface area contributed by atoms with Crippen LogP contribution in [0.15, 0.2) is 0 Å². The normalized spacial score (nSPS) is 13.1. The molecule has 0 aliphatic rings. The van der Waals surface area contributed by atoms with E-state index in [1.807, 2.05) is 0 Å². The van der Waals surface area contributed by atoms with E-state index in [1.54, 1.807) is 53.4 Å². The zero-order chi connectivity index (χ0) is 20.5. The van der Waals surface area contributed by atoms with Crippen LogP contribution < -0.4 is 10.6 Å². The smallest absolute Gasteiger partial charge is 0.407 e. The van der Waals surface area contributed by atoms with Crippen molar-refractivity contribution < 1.29 is 29.0 Å². The standard InChI is InChI=1S/C17H33N3O6/c1-12(13(21)22)20(10-8-18-14(23)25-16(2,3)4)11-9-19-15(24)26-17(5,6)7/h12H,8-11H2,1-7H3,(H,18,23)(H,19,24)(H,21,22). The Bertz CT molecular complexity index is 448. The number of carboxylic acids is 1. The summed E-state index contributed by atoms with van der Waals surface area (Å²) < 4.78 is 10.3. The molecule has 26 heavy (non-hydrogen) atoms.